The minimum absolute atomic E-state index is 0. The molecule has 0 spiro atoms. The SMILES string of the molecule is [Fe].[O]=[Bi][OH].[O]=[Bi][O][Mo](=[O])(=[O])[OH].[O]=[Bi][O][Mo](=[O])(=[O])[OH]. The second kappa shape index (κ2) is 18.0. The minimum atomic E-state index is -5.33. The molecule has 0 radical (unpaired) electrons. The average molecular weight is 1070 g/mol. The predicted octanol–water partition coefficient (Wildman–Crippen LogP) is -3.79. The third-order valence-electron chi connectivity index (χ3n) is 0.249. The van der Waals surface area contributed by atoms with Crippen LogP contribution < -0.4 is 0 Å². The van der Waals surface area contributed by atoms with Crippen LogP contribution in [0.4, 0.5) is 0 Å². The second-order valence-corrected chi connectivity index (χ2v) is 14.8. The number of rotatable bonds is 4. The molecule has 12 nitrogen and oxygen atoms in total. The third-order valence-corrected chi connectivity index (χ3v) is 12.9. The zero-order valence-corrected chi connectivity index (χ0v) is 23.1. The van der Waals surface area contributed by atoms with Crippen LogP contribution in [0.25, 0.3) is 0 Å². The molecule has 0 aromatic heterocycles. The van der Waals surface area contributed by atoms with E-state index in [1.165, 1.54) is 0 Å². The van der Waals surface area contributed by atoms with Gasteiger partial charge < -0.3 is 0 Å². The molecular formula is H3Bi3FeMo2O12. The average Bonchev–Trinajstić information content (AvgIpc) is 2.01. The van der Waals surface area contributed by atoms with Crippen LogP contribution >= 0.6 is 0 Å². The summed E-state index contributed by atoms with van der Waals surface area (Å²) in [5.41, 5.74) is 0. The van der Waals surface area contributed by atoms with Gasteiger partial charge in [-0.1, -0.05) is 0 Å². The molecule has 110 valence electrons. The van der Waals surface area contributed by atoms with Crippen molar-refractivity contribution in [1.29, 1.82) is 0 Å². The van der Waals surface area contributed by atoms with E-state index in [4.69, 9.17) is 13.5 Å². The molecule has 0 heterocycles. The van der Waals surface area contributed by atoms with Gasteiger partial charge in [-0.05, 0) is 0 Å². The maximum absolute atomic E-state index is 9.52. The fraction of sp³-hybridized carbons (Fsp3) is 0. The Labute approximate surface area is 154 Å². The summed E-state index contributed by atoms with van der Waals surface area (Å²) in [6, 6.07) is 0. The van der Waals surface area contributed by atoms with Crippen LogP contribution in [0, 0.1) is 0 Å². The summed E-state index contributed by atoms with van der Waals surface area (Å²) in [6.07, 6.45) is 0. The first-order valence-electron chi connectivity index (χ1n) is 2.48. The maximum atomic E-state index is 9.52. The molecular weight excluding hydrogens is 1070 g/mol. The summed E-state index contributed by atoms with van der Waals surface area (Å²) in [5, 5.41) is 0. The predicted molar refractivity (Wildman–Crippen MR) is 30.9 cm³/mol. The normalized spacial score (nSPS) is 9.28. The third kappa shape index (κ3) is 50.9. The van der Waals surface area contributed by atoms with Crippen LogP contribution in [0.1, 0.15) is 0 Å². The van der Waals surface area contributed by atoms with Crippen molar-refractivity contribution in [2.75, 3.05) is 0 Å². The van der Waals surface area contributed by atoms with E-state index in [1.54, 1.807) is 0 Å². The Bertz CT molecular complexity index is 369. The first kappa shape index (κ1) is 29.0. The van der Waals surface area contributed by atoms with Gasteiger partial charge in [0.15, 0.2) is 0 Å². The van der Waals surface area contributed by atoms with Gasteiger partial charge in [-0.2, -0.15) is 0 Å². The summed E-state index contributed by atoms with van der Waals surface area (Å²) in [4.78, 5) is 0. The topological polar surface area (TPSA) is 199 Å². The summed E-state index contributed by atoms with van der Waals surface area (Å²) in [5.74, 6) is 0. The van der Waals surface area contributed by atoms with Crippen molar-refractivity contribution in [2.45, 2.75) is 0 Å². The Morgan fingerprint density at radius 3 is 0.944 bits per heavy atom. The molecule has 0 aromatic carbocycles. The quantitative estimate of drug-likeness (QED) is 0.233. The van der Waals surface area contributed by atoms with E-state index in [1.807, 2.05) is 0 Å². The van der Waals surface area contributed by atoms with Crippen LogP contribution in [-0.4, -0.2) is 81.7 Å². The molecule has 0 unspecified atom stereocenters. The van der Waals surface area contributed by atoms with Crippen molar-refractivity contribution in [3.8, 4) is 0 Å². The van der Waals surface area contributed by atoms with Gasteiger partial charge in [0.2, 0.25) is 0 Å². The van der Waals surface area contributed by atoms with Crippen LogP contribution in [0.3, 0.4) is 0 Å². The molecule has 0 aliphatic carbocycles. The van der Waals surface area contributed by atoms with Crippen molar-refractivity contribution < 1.29 is 86.2 Å². The molecule has 0 aliphatic heterocycles. The van der Waals surface area contributed by atoms with Crippen LogP contribution in [-0.2, 0) is 75.5 Å². The van der Waals surface area contributed by atoms with E-state index in [0.29, 0.717) is 0 Å². The molecule has 3 N–H and O–H groups in total. The van der Waals surface area contributed by atoms with Gasteiger partial charge >= 0.3 is 140 Å². The summed E-state index contributed by atoms with van der Waals surface area (Å²) < 4.78 is 95.1. The van der Waals surface area contributed by atoms with Gasteiger partial charge in [0.1, 0.15) is 0 Å². The van der Waals surface area contributed by atoms with Crippen molar-refractivity contribution in [3.63, 3.8) is 0 Å². The number of hydrogen-bond acceptors (Lipinski definition) is 9. The standard InChI is InChI=1S/3Bi.Fe.2Mo.3H2O.9O/h;;;;;;3*1H2;;;;;;;;;/q;;+1;;2*+1;;;;;;;;;;;;/p-3. The van der Waals surface area contributed by atoms with Crippen molar-refractivity contribution >= 4 is 71.0 Å². The molecule has 0 saturated heterocycles. The zero-order valence-electron chi connectivity index (χ0n) is 7.53. The van der Waals surface area contributed by atoms with E-state index < -0.39 is 105 Å². The van der Waals surface area contributed by atoms with Crippen molar-refractivity contribution in [1.82, 2.24) is 0 Å². The molecule has 0 atom stereocenters. The summed E-state index contributed by atoms with van der Waals surface area (Å²) in [6.45, 7) is 0. The number of hydrogen-bond donors (Lipinski definition) is 3. The van der Waals surface area contributed by atoms with Gasteiger partial charge in [0, 0.05) is 17.1 Å². The van der Waals surface area contributed by atoms with E-state index in [0.717, 1.165) is 0 Å². The van der Waals surface area contributed by atoms with Crippen molar-refractivity contribution in [2.24, 2.45) is 0 Å². The Kier molecular flexibility index (Phi) is 29.0. The Morgan fingerprint density at radius 1 is 0.778 bits per heavy atom. The summed E-state index contributed by atoms with van der Waals surface area (Å²) >= 11 is -17.8. The van der Waals surface area contributed by atoms with E-state index in [9.17, 15) is 19.2 Å². The molecule has 18 heavy (non-hydrogen) atoms. The molecule has 0 saturated carbocycles. The van der Waals surface area contributed by atoms with Crippen LogP contribution in [0.15, 0.2) is 0 Å². The molecule has 0 fully saturated rings. The summed E-state index contributed by atoms with van der Waals surface area (Å²) in [7, 11) is 0. The molecule has 0 amide bonds. The Balaban J connectivity index is -0.0000000857. The van der Waals surface area contributed by atoms with Crippen molar-refractivity contribution in [3.05, 3.63) is 0 Å². The molecule has 0 bridgehead atoms. The van der Waals surface area contributed by atoms with E-state index >= 15 is 0 Å². The first-order chi connectivity index (χ1) is 7.54. The van der Waals surface area contributed by atoms with Crippen LogP contribution in [0.2, 0.25) is 0 Å². The van der Waals surface area contributed by atoms with E-state index in [-0.39, 0.29) is 17.1 Å². The Morgan fingerprint density at radius 2 is 0.944 bits per heavy atom. The molecule has 0 aliphatic rings. The zero-order chi connectivity index (χ0) is 14.5. The van der Waals surface area contributed by atoms with Gasteiger partial charge in [0.05, 0.1) is 0 Å². The van der Waals surface area contributed by atoms with Gasteiger partial charge in [-0.25, -0.2) is 0 Å². The fourth-order valence-electron chi connectivity index (χ4n) is 0.0769. The van der Waals surface area contributed by atoms with Crippen LogP contribution in [0.5, 0.6) is 0 Å². The first-order valence-corrected chi connectivity index (χ1v) is 17.8. The second-order valence-electron chi connectivity index (χ2n) is 1.24. The monoisotopic (exact) mass is 1070 g/mol. The van der Waals surface area contributed by atoms with Gasteiger partial charge in [0.25, 0.3) is 0 Å². The van der Waals surface area contributed by atoms with Gasteiger partial charge in [-0.15, -0.1) is 0 Å². The fourth-order valence-corrected chi connectivity index (χ4v) is 3.99. The Hall–Kier alpha value is 2.95. The van der Waals surface area contributed by atoms with Gasteiger partial charge in [-0.3, -0.25) is 0 Å². The molecule has 0 rings (SSSR count). The van der Waals surface area contributed by atoms with E-state index in [2.05, 4.69) is 2.93 Å². The molecule has 18 heteroatoms. The molecule has 0 aromatic rings.